The molecule has 0 radical (unpaired) electrons. The Labute approximate surface area is 173 Å². The fourth-order valence-electron chi connectivity index (χ4n) is 3.11. The number of amides is 1. The number of benzene rings is 1. The normalized spacial score (nSPS) is 11.1. The van der Waals surface area contributed by atoms with E-state index in [-0.39, 0.29) is 17.2 Å². The molecule has 28 heavy (non-hydrogen) atoms. The van der Waals surface area contributed by atoms with Gasteiger partial charge in [-0.1, -0.05) is 36.0 Å². The second kappa shape index (κ2) is 8.92. The molecule has 148 valence electrons. The SMILES string of the molecule is CCn1c(SCC(=O)NCCc2ccccc2C)nc2sc(C)c(C)c2c1=O. The lowest BCUT2D eigenvalue weighted by atomic mass is 10.1. The van der Waals surface area contributed by atoms with Gasteiger partial charge in [-0.3, -0.25) is 14.2 Å². The Morgan fingerprint density at radius 3 is 2.71 bits per heavy atom. The first-order chi connectivity index (χ1) is 13.4. The number of aryl methyl sites for hydroxylation is 3. The van der Waals surface area contributed by atoms with Crippen LogP contribution in [0.1, 0.15) is 28.5 Å². The molecular formula is C21H25N3O2S2. The van der Waals surface area contributed by atoms with E-state index in [9.17, 15) is 9.59 Å². The maximum Gasteiger partial charge on any atom is 0.263 e. The summed E-state index contributed by atoms with van der Waals surface area (Å²) in [5, 5.41) is 4.27. The van der Waals surface area contributed by atoms with Gasteiger partial charge < -0.3 is 5.32 Å². The van der Waals surface area contributed by atoms with Gasteiger partial charge in [0.1, 0.15) is 4.83 Å². The predicted molar refractivity (Wildman–Crippen MR) is 118 cm³/mol. The van der Waals surface area contributed by atoms with Crippen LogP contribution >= 0.6 is 23.1 Å². The van der Waals surface area contributed by atoms with E-state index in [1.807, 2.05) is 32.9 Å². The van der Waals surface area contributed by atoms with Crippen LogP contribution in [0.25, 0.3) is 10.2 Å². The van der Waals surface area contributed by atoms with Crippen molar-refractivity contribution in [3.63, 3.8) is 0 Å². The molecule has 1 aromatic carbocycles. The highest BCUT2D eigenvalue weighted by Gasteiger charge is 2.16. The summed E-state index contributed by atoms with van der Waals surface area (Å²) >= 11 is 2.85. The van der Waals surface area contributed by atoms with Gasteiger partial charge in [-0.2, -0.15) is 0 Å². The van der Waals surface area contributed by atoms with Crippen LogP contribution in [0.2, 0.25) is 0 Å². The van der Waals surface area contributed by atoms with Gasteiger partial charge in [0.25, 0.3) is 5.56 Å². The summed E-state index contributed by atoms with van der Waals surface area (Å²) < 4.78 is 1.66. The minimum atomic E-state index is -0.0471. The van der Waals surface area contributed by atoms with E-state index in [1.54, 1.807) is 4.57 Å². The van der Waals surface area contributed by atoms with E-state index < -0.39 is 0 Å². The number of nitrogens with zero attached hydrogens (tertiary/aromatic N) is 2. The fraction of sp³-hybridized carbons (Fsp3) is 0.381. The molecule has 1 amide bonds. The van der Waals surface area contributed by atoms with Crippen molar-refractivity contribution in [3.8, 4) is 0 Å². The number of nitrogens with one attached hydrogen (secondary N) is 1. The molecule has 0 fully saturated rings. The van der Waals surface area contributed by atoms with Gasteiger partial charge in [-0.05, 0) is 50.8 Å². The number of rotatable bonds is 7. The topological polar surface area (TPSA) is 64.0 Å². The number of carbonyl (C=O) groups is 1. The van der Waals surface area contributed by atoms with Crippen molar-refractivity contribution < 1.29 is 4.79 Å². The highest BCUT2D eigenvalue weighted by atomic mass is 32.2. The first-order valence-electron chi connectivity index (χ1n) is 9.37. The molecule has 2 heterocycles. The summed E-state index contributed by atoms with van der Waals surface area (Å²) in [6.45, 7) is 9.11. The minimum Gasteiger partial charge on any atom is -0.355 e. The van der Waals surface area contributed by atoms with E-state index in [4.69, 9.17) is 0 Å². The number of thioether (sulfide) groups is 1. The van der Waals surface area contributed by atoms with Crippen LogP contribution in [-0.4, -0.2) is 27.8 Å². The molecule has 3 aromatic rings. The number of carbonyl (C=O) groups excluding carboxylic acids is 1. The van der Waals surface area contributed by atoms with Crippen LogP contribution in [0.15, 0.2) is 34.2 Å². The van der Waals surface area contributed by atoms with Crippen LogP contribution in [0.5, 0.6) is 0 Å². The van der Waals surface area contributed by atoms with Gasteiger partial charge in [-0.15, -0.1) is 11.3 Å². The zero-order chi connectivity index (χ0) is 20.3. The molecular weight excluding hydrogens is 390 g/mol. The Morgan fingerprint density at radius 1 is 1.25 bits per heavy atom. The zero-order valence-corrected chi connectivity index (χ0v) is 18.3. The monoisotopic (exact) mass is 415 g/mol. The van der Waals surface area contributed by atoms with Crippen LogP contribution in [0.4, 0.5) is 0 Å². The maximum atomic E-state index is 12.8. The average Bonchev–Trinajstić information content (AvgIpc) is 2.95. The van der Waals surface area contributed by atoms with Gasteiger partial charge in [-0.25, -0.2) is 4.98 Å². The standard InChI is InChI=1S/C21H25N3O2S2/c1-5-24-20(26)18-14(3)15(4)28-19(18)23-21(24)27-12-17(25)22-11-10-16-9-7-6-8-13(16)2/h6-9H,5,10-12H2,1-4H3,(H,22,25). The third kappa shape index (κ3) is 4.31. The van der Waals surface area contributed by atoms with Gasteiger partial charge in [0.05, 0.1) is 11.1 Å². The molecule has 0 saturated heterocycles. The van der Waals surface area contributed by atoms with Crippen molar-refractivity contribution in [1.29, 1.82) is 0 Å². The summed E-state index contributed by atoms with van der Waals surface area (Å²) in [4.78, 5) is 31.6. The van der Waals surface area contributed by atoms with Crippen LogP contribution in [0, 0.1) is 20.8 Å². The number of hydrogen-bond acceptors (Lipinski definition) is 5. The highest BCUT2D eigenvalue weighted by molar-refractivity contribution is 7.99. The molecule has 7 heteroatoms. The first kappa shape index (κ1) is 20.6. The molecule has 0 aliphatic carbocycles. The molecule has 3 rings (SSSR count). The van der Waals surface area contributed by atoms with Crippen LogP contribution in [-0.2, 0) is 17.8 Å². The average molecular weight is 416 g/mol. The Kier molecular flexibility index (Phi) is 6.57. The Balaban J connectivity index is 1.65. The minimum absolute atomic E-state index is 0.0168. The largest absolute Gasteiger partial charge is 0.355 e. The lowest BCUT2D eigenvalue weighted by Gasteiger charge is -2.10. The summed E-state index contributed by atoms with van der Waals surface area (Å²) in [5.41, 5.74) is 3.46. The second-order valence-corrected chi connectivity index (χ2v) is 8.87. The lowest BCUT2D eigenvalue weighted by molar-refractivity contribution is -0.118. The number of aromatic nitrogens is 2. The van der Waals surface area contributed by atoms with Crippen molar-refractivity contribution in [1.82, 2.24) is 14.9 Å². The molecule has 0 aliphatic heterocycles. The van der Waals surface area contributed by atoms with Gasteiger partial charge >= 0.3 is 0 Å². The summed E-state index contributed by atoms with van der Waals surface area (Å²) in [6.07, 6.45) is 0.806. The molecule has 1 N–H and O–H groups in total. The van der Waals surface area contributed by atoms with Gasteiger partial charge in [0.2, 0.25) is 5.91 Å². The molecule has 0 saturated carbocycles. The summed E-state index contributed by atoms with van der Waals surface area (Å²) in [5.74, 6) is 0.198. The van der Waals surface area contributed by atoms with Gasteiger partial charge in [0, 0.05) is 18.0 Å². The van der Waals surface area contributed by atoms with Crippen molar-refractivity contribution in [3.05, 3.63) is 56.2 Å². The molecule has 0 aliphatic rings. The van der Waals surface area contributed by atoms with Gasteiger partial charge in [0.15, 0.2) is 5.16 Å². The molecule has 0 unspecified atom stereocenters. The third-order valence-corrected chi connectivity index (χ3v) is 6.96. The Morgan fingerprint density at radius 2 is 2.00 bits per heavy atom. The molecule has 0 spiro atoms. The van der Waals surface area contributed by atoms with Crippen molar-refractivity contribution in [2.75, 3.05) is 12.3 Å². The molecule has 0 bridgehead atoms. The zero-order valence-electron chi connectivity index (χ0n) is 16.7. The number of fused-ring (bicyclic) bond motifs is 1. The van der Waals surface area contributed by atoms with Crippen LogP contribution < -0.4 is 10.9 Å². The second-order valence-electron chi connectivity index (χ2n) is 6.72. The van der Waals surface area contributed by atoms with E-state index in [0.717, 1.165) is 21.7 Å². The summed E-state index contributed by atoms with van der Waals surface area (Å²) in [7, 11) is 0. The van der Waals surface area contributed by atoms with Crippen molar-refractivity contribution >= 4 is 39.2 Å². The predicted octanol–water partition coefficient (Wildman–Crippen LogP) is 3.85. The first-order valence-corrected chi connectivity index (χ1v) is 11.2. The Hall–Kier alpha value is -2.12. The number of thiophene rings is 1. The highest BCUT2D eigenvalue weighted by Crippen LogP contribution is 2.28. The Bertz CT molecular complexity index is 1070. The quantitative estimate of drug-likeness (QED) is 0.470. The fourth-order valence-corrected chi connectivity index (χ4v) is 5.07. The smallest absolute Gasteiger partial charge is 0.263 e. The third-order valence-electron chi connectivity index (χ3n) is 4.88. The number of hydrogen-bond donors (Lipinski definition) is 1. The van der Waals surface area contributed by atoms with E-state index in [0.29, 0.717) is 23.6 Å². The van der Waals surface area contributed by atoms with E-state index in [2.05, 4.69) is 29.4 Å². The maximum absolute atomic E-state index is 12.8. The molecule has 2 aromatic heterocycles. The lowest BCUT2D eigenvalue weighted by Crippen LogP contribution is -2.28. The molecule has 0 atom stereocenters. The van der Waals surface area contributed by atoms with E-state index in [1.165, 1.54) is 34.2 Å². The van der Waals surface area contributed by atoms with Crippen molar-refractivity contribution in [2.45, 2.75) is 45.8 Å². The summed E-state index contributed by atoms with van der Waals surface area (Å²) in [6, 6.07) is 8.19. The van der Waals surface area contributed by atoms with E-state index >= 15 is 0 Å². The van der Waals surface area contributed by atoms with Crippen LogP contribution in [0.3, 0.4) is 0 Å². The molecule has 5 nitrogen and oxygen atoms in total. The van der Waals surface area contributed by atoms with Crippen molar-refractivity contribution in [2.24, 2.45) is 0 Å².